The van der Waals surface area contributed by atoms with Gasteiger partial charge in [0, 0.05) is 63.9 Å². The third-order valence-electron chi connectivity index (χ3n) is 14.7. The number of carbonyl (C=O) groups excluding carboxylic acids is 4. The average Bonchev–Trinajstić information content (AvgIpc) is 3.30. The Morgan fingerprint density at radius 2 is 1.51 bits per heavy atom. The summed E-state index contributed by atoms with van der Waals surface area (Å²) in [6, 6.07) is 5.47. The van der Waals surface area contributed by atoms with E-state index < -0.39 is 108 Å². The summed E-state index contributed by atoms with van der Waals surface area (Å²) < 4.78 is 64.0. The molecule has 0 saturated carbocycles. The summed E-state index contributed by atoms with van der Waals surface area (Å²) in [7, 11) is 6.67. The molecule has 0 aliphatic carbocycles. The number of rotatable bonds is 15. The number of hydrogen-bond donors (Lipinski definition) is 5. The minimum Gasteiger partial charge on any atom is -0.459 e. The number of alkyl carbamates (subject to hydrolysis) is 1. The van der Waals surface area contributed by atoms with Crippen LogP contribution in [0.5, 0.6) is 0 Å². The molecule has 18 nitrogen and oxygen atoms in total. The Kier molecular flexibility index (Phi) is 21.0. The Labute approximate surface area is 407 Å². The highest BCUT2D eigenvalue weighted by molar-refractivity contribution is 5.83. The summed E-state index contributed by atoms with van der Waals surface area (Å²) in [5.74, 6) is -5.47. The minimum absolute atomic E-state index is 0.00641. The third kappa shape index (κ3) is 14.4. The summed E-state index contributed by atoms with van der Waals surface area (Å²) in [6.45, 7) is 17.2. The molecule has 394 valence electrons. The van der Waals surface area contributed by atoms with E-state index in [0.29, 0.717) is 12.8 Å². The second-order valence-electron chi connectivity index (χ2n) is 20.4. The maximum absolute atomic E-state index is 14.5. The van der Waals surface area contributed by atoms with Crippen LogP contribution >= 0.6 is 0 Å². The van der Waals surface area contributed by atoms with Crippen molar-refractivity contribution in [3.05, 3.63) is 35.6 Å². The molecule has 5 N–H and O–H groups in total. The maximum atomic E-state index is 14.5. The van der Waals surface area contributed by atoms with E-state index in [0.717, 1.165) is 5.56 Å². The lowest BCUT2D eigenvalue weighted by molar-refractivity contribution is -0.319. The first-order valence-corrected chi connectivity index (χ1v) is 24.4. The number of esters is 1. The van der Waals surface area contributed by atoms with Crippen molar-refractivity contribution in [2.75, 3.05) is 34.9 Å². The Morgan fingerprint density at radius 3 is 2.10 bits per heavy atom. The van der Waals surface area contributed by atoms with Gasteiger partial charge in [0.05, 0.1) is 42.0 Å². The quantitative estimate of drug-likeness (QED) is 0.121. The number of benzene rings is 1. The van der Waals surface area contributed by atoms with E-state index in [1.807, 2.05) is 32.8 Å². The number of aliphatic hydroxyl groups excluding tert-OH is 2. The van der Waals surface area contributed by atoms with E-state index in [1.54, 1.807) is 53.7 Å². The van der Waals surface area contributed by atoms with E-state index in [4.69, 9.17) is 37.9 Å². The van der Waals surface area contributed by atoms with Gasteiger partial charge in [0.1, 0.15) is 35.0 Å². The van der Waals surface area contributed by atoms with Crippen LogP contribution in [0.3, 0.4) is 0 Å². The number of ketones is 1. The number of nitrogens with zero attached hydrogens (tertiary/aromatic N) is 1. The van der Waals surface area contributed by atoms with Gasteiger partial charge in [-0.05, 0) is 99.0 Å². The van der Waals surface area contributed by atoms with Crippen LogP contribution in [0.1, 0.15) is 113 Å². The van der Waals surface area contributed by atoms with Crippen LogP contribution in [0.25, 0.3) is 0 Å². The summed E-state index contributed by atoms with van der Waals surface area (Å²) in [5, 5.41) is 40.6. The van der Waals surface area contributed by atoms with Crippen LogP contribution in [0, 0.1) is 29.5 Å². The van der Waals surface area contributed by atoms with Crippen LogP contribution < -0.4 is 10.6 Å². The van der Waals surface area contributed by atoms with Gasteiger partial charge in [0.2, 0.25) is 5.91 Å². The number of hydrogen-bond acceptors (Lipinski definition) is 16. The Balaban J connectivity index is 1.63. The van der Waals surface area contributed by atoms with Gasteiger partial charge in [0.25, 0.3) is 0 Å². The largest absolute Gasteiger partial charge is 0.459 e. The lowest BCUT2D eigenvalue weighted by atomic mass is 9.74. The van der Waals surface area contributed by atoms with Crippen LogP contribution in [0.2, 0.25) is 0 Å². The summed E-state index contributed by atoms with van der Waals surface area (Å²) in [5.41, 5.74) is -3.81. The van der Waals surface area contributed by atoms with Crippen molar-refractivity contribution in [1.29, 1.82) is 0 Å². The fraction of sp³-hybridized carbons (Fsp3) is 0.800. The predicted molar refractivity (Wildman–Crippen MR) is 251 cm³/mol. The Hall–Kier alpha value is -3.37. The molecule has 0 aromatic heterocycles. The molecule has 0 spiro atoms. The topological polar surface area (TPSA) is 230 Å². The normalized spacial score (nSPS) is 39.6. The zero-order chi connectivity index (χ0) is 51.8. The van der Waals surface area contributed by atoms with Crippen molar-refractivity contribution in [2.24, 2.45) is 23.7 Å². The van der Waals surface area contributed by atoms with Crippen LogP contribution in [-0.2, 0) is 58.8 Å². The fourth-order valence-corrected chi connectivity index (χ4v) is 10.3. The molecule has 69 heavy (non-hydrogen) atoms. The van der Waals surface area contributed by atoms with Gasteiger partial charge in [-0.2, -0.15) is 0 Å². The van der Waals surface area contributed by atoms with Gasteiger partial charge in [-0.1, -0.05) is 39.8 Å². The maximum Gasteiger partial charge on any atom is 0.407 e. The zero-order valence-corrected chi connectivity index (χ0v) is 43.2. The van der Waals surface area contributed by atoms with Crippen LogP contribution in [-0.4, -0.2) is 163 Å². The van der Waals surface area contributed by atoms with Gasteiger partial charge < -0.3 is 68.7 Å². The Bertz CT molecular complexity index is 1840. The van der Waals surface area contributed by atoms with Crippen molar-refractivity contribution in [1.82, 2.24) is 15.5 Å². The number of cyclic esters (lactones) is 1. The molecule has 3 saturated heterocycles. The van der Waals surface area contributed by atoms with Crippen molar-refractivity contribution < 1.29 is 76.8 Å². The predicted octanol–water partition coefficient (Wildman–Crippen LogP) is 4.41. The highest BCUT2D eigenvalue weighted by Gasteiger charge is 2.55. The van der Waals surface area contributed by atoms with Crippen LogP contribution in [0.4, 0.5) is 9.18 Å². The van der Waals surface area contributed by atoms with Crippen molar-refractivity contribution in [3.8, 4) is 0 Å². The molecular formula is C50H82FN3O15. The highest BCUT2D eigenvalue weighted by Crippen LogP contribution is 2.42. The van der Waals surface area contributed by atoms with E-state index >= 15 is 0 Å². The molecule has 2 amide bonds. The van der Waals surface area contributed by atoms with Crippen molar-refractivity contribution >= 4 is 23.8 Å². The number of likely N-dealkylation sites (N-methyl/N-ethyl adjacent to an activating group) is 1. The molecule has 1 aromatic carbocycles. The molecular weight excluding hydrogens is 902 g/mol. The monoisotopic (exact) mass is 984 g/mol. The number of Topliss-reactive ketones (excluding diaryl/α,β-unsaturated/α-hetero) is 1. The lowest BCUT2D eigenvalue weighted by Gasteiger charge is -2.50. The second kappa shape index (κ2) is 24.8. The number of ether oxygens (including phenoxy) is 8. The summed E-state index contributed by atoms with van der Waals surface area (Å²) in [4.78, 5) is 56.2. The van der Waals surface area contributed by atoms with Crippen molar-refractivity contribution in [3.63, 3.8) is 0 Å². The second-order valence-corrected chi connectivity index (χ2v) is 20.4. The molecule has 18 atom stereocenters. The molecule has 0 unspecified atom stereocenters. The first-order valence-electron chi connectivity index (χ1n) is 24.4. The highest BCUT2D eigenvalue weighted by atomic mass is 19.1. The van der Waals surface area contributed by atoms with E-state index in [9.17, 15) is 38.9 Å². The van der Waals surface area contributed by atoms with E-state index in [-0.39, 0.29) is 68.4 Å². The molecule has 19 heteroatoms. The van der Waals surface area contributed by atoms with Crippen LogP contribution in [0.15, 0.2) is 24.3 Å². The molecule has 3 aliphatic rings. The summed E-state index contributed by atoms with van der Waals surface area (Å²) in [6.07, 6.45) is -10.1. The average molecular weight is 984 g/mol. The summed E-state index contributed by atoms with van der Waals surface area (Å²) >= 11 is 0. The zero-order valence-electron chi connectivity index (χ0n) is 43.2. The molecule has 3 heterocycles. The number of carbonyl (C=O) groups is 4. The molecule has 3 aliphatic heterocycles. The van der Waals surface area contributed by atoms with E-state index in [2.05, 4.69) is 10.6 Å². The smallest absolute Gasteiger partial charge is 0.407 e. The number of halogens is 1. The van der Waals surface area contributed by atoms with Gasteiger partial charge >= 0.3 is 12.1 Å². The fourth-order valence-electron chi connectivity index (χ4n) is 10.3. The molecule has 4 rings (SSSR count). The van der Waals surface area contributed by atoms with Gasteiger partial charge in [-0.15, -0.1) is 0 Å². The lowest BCUT2D eigenvalue weighted by Crippen LogP contribution is -2.62. The number of amides is 2. The van der Waals surface area contributed by atoms with E-state index in [1.165, 1.54) is 40.2 Å². The number of methoxy groups -OCH3 is 2. The third-order valence-corrected chi connectivity index (χ3v) is 14.7. The first-order chi connectivity index (χ1) is 32.2. The minimum atomic E-state index is -2.03. The number of aliphatic hydroxyl groups is 3. The SMILES string of the molecule is CC[C@H]1OC(=O)[C@H](C)[C@@H](O[C@H]2C[C@@](C)(OC)[C@@H](OC(=O)NCCCC(=O)NCc3ccc(F)cc3)[C@H](C)O2)[C@H](C)[C@@H](O[C@@H]2O[C@H](C)C[C@H](N(C)C)[C@H]2O)[C@](C)(OC)C[C@@H](C)C(=O)[C@H](C)[C@@H](O)[C@]1(C)O. The van der Waals surface area contributed by atoms with Gasteiger partial charge in [0.15, 0.2) is 18.7 Å². The molecule has 0 radical (unpaired) electrons. The Morgan fingerprint density at radius 1 is 0.884 bits per heavy atom. The van der Waals surface area contributed by atoms with Gasteiger partial charge in [-0.3, -0.25) is 14.4 Å². The van der Waals surface area contributed by atoms with Gasteiger partial charge in [-0.25, -0.2) is 9.18 Å². The standard InChI is InChI=1S/C50H82FN3O15/c1-15-36-50(10,61)42(58)29(4)39(56)27(2)24-48(8,62-13)43(68-46-40(57)35(54(11)12)23-28(3)64-46)30(5)41(31(6)45(59)66-36)67-38-25-49(9,63-14)44(32(7)65-38)69-47(60)52-22-16-17-37(55)53-26-33-18-20-34(51)21-19-33/h18-21,27-32,35-36,38,40-44,46,57-58,61H,15-17,22-26H2,1-14H3,(H,52,60)(H,53,55)/t27-,28-,29+,30+,31-,32+,35+,36-,38+,40-,41+,42-,43-,44+,46+,48-,49-,50-/m1/s1. The molecule has 0 bridgehead atoms. The first kappa shape index (κ1) is 58.2. The van der Waals surface area contributed by atoms with Crippen molar-refractivity contribution in [2.45, 2.75) is 199 Å². The molecule has 1 aromatic rings. The number of nitrogens with one attached hydrogen (secondary N) is 2. The molecule has 3 fully saturated rings.